The molecular formula is C36H39FN4O5. The minimum atomic E-state index is -0.542. The monoisotopic (exact) mass is 626 g/mol. The number of carbonyl (C=O) groups excluding carboxylic acids is 2. The average molecular weight is 627 g/mol. The molecule has 0 bridgehead atoms. The number of aliphatic hydroxyl groups excluding tert-OH is 1. The smallest absolute Gasteiger partial charge is 0.323 e. The van der Waals surface area contributed by atoms with Crippen molar-refractivity contribution in [2.75, 3.05) is 37.4 Å². The Morgan fingerprint density at radius 1 is 1.00 bits per heavy atom. The Kier molecular flexibility index (Phi) is 10.5. The molecule has 0 radical (unpaired) electrons. The molecule has 0 aliphatic carbocycles. The molecule has 5 rings (SSSR count). The average Bonchev–Trinajstić information content (AvgIpc) is 3.05. The van der Waals surface area contributed by atoms with Gasteiger partial charge in [0.15, 0.2) is 0 Å². The SMILES string of the molecule is C[C@H](CO)N1C[C@H](C)[C@@H](CN(C)Cc2ccc(Oc3ccccc3)cc2)Oc2ccc(NC(=O)Nc3ccc(F)cc3)cc2C1=O. The van der Waals surface area contributed by atoms with Gasteiger partial charge in [-0.05, 0) is 86.3 Å². The maximum Gasteiger partial charge on any atom is 0.323 e. The van der Waals surface area contributed by atoms with Gasteiger partial charge in [-0.15, -0.1) is 0 Å². The number of halogens is 1. The number of fused-ring (bicyclic) bond motifs is 1. The minimum absolute atomic E-state index is 0.0468. The first-order valence-electron chi connectivity index (χ1n) is 15.2. The minimum Gasteiger partial charge on any atom is -0.488 e. The van der Waals surface area contributed by atoms with E-state index >= 15 is 0 Å². The lowest BCUT2D eigenvalue weighted by molar-refractivity contribution is 0.0341. The van der Waals surface area contributed by atoms with E-state index in [0.29, 0.717) is 36.8 Å². The Morgan fingerprint density at radius 3 is 2.35 bits per heavy atom. The molecule has 4 aromatic carbocycles. The van der Waals surface area contributed by atoms with Crippen molar-refractivity contribution in [2.24, 2.45) is 5.92 Å². The predicted octanol–water partition coefficient (Wildman–Crippen LogP) is 6.61. The molecule has 3 amide bonds. The number of aliphatic hydroxyl groups is 1. The van der Waals surface area contributed by atoms with Gasteiger partial charge in [-0.3, -0.25) is 9.69 Å². The quantitative estimate of drug-likeness (QED) is 0.183. The van der Waals surface area contributed by atoms with Crippen molar-refractivity contribution >= 4 is 23.3 Å². The maximum absolute atomic E-state index is 13.8. The molecule has 9 nitrogen and oxygen atoms in total. The molecule has 0 spiro atoms. The zero-order chi connectivity index (χ0) is 32.6. The summed E-state index contributed by atoms with van der Waals surface area (Å²) < 4.78 is 25.7. The van der Waals surface area contributed by atoms with Gasteiger partial charge in [-0.2, -0.15) is 0 Å². The lowest BCUT2D eigenvalue weighted by Crippen LogP contribution is -2.49. The molecule has 0 unspecified atom stereocenters. The molecule has 4 aromatic rings. The summed E-state index contributed by atoms with van der Waals surface area (Å²) in [5.74, 6) is 1.19. The van der Waals surface area contributed by atoms with Crippen molar-refractivity contribution < 1.29 is 28.6 Å². The van der Waals surface area contributed by atoms with Gasteiger partial charge in [-0.1, -0.05) is 37.3 Å². The first-order valence-corrected chi connectivity index (χ1v) is 15.2. The molecule has 0 fully saturated rings. The lowest BCUT2D eigenvalue weighted by atomic mass is 9.99. The third-order valence-electron chi connectivity index (χ3n) is 7.87. The largest absolute Gasteiger partial charge is 0.488 e. The van der Waals surface area contributed by atoms with Crippen molar-refractivity contribution in [3.05, 3.63) is 114 Å². The number of likely N-dealkylation sites (N-methyl/N-ethyl adjacent to an activating group) is 1. The first-order chi connectivity index (χ1) is 22.2. The highest BCUT2D eigenvalue weighted by Crippen LogP contribution is 2.31. The topological polar surface area (TPSA) is 103 Å². The number of carbonyl (C=O) groups is 2. The third kappa shape index (κ3) is 8.41. The Bertz CT molecular complexity index is 1620. The van der Waals surface area contributed by atoms with Crippen LogP contribution in [0.25, 0.3) is 0 Å². The highest BCUT2D eigenvalue weighted by molar-refractivity contribution is 6.02. The van der Waals surface area contributed by atoms with Crippen molar-refractivity contribution in [2.45, 2.75) is 32.5 Å². The van der Waals surface area contributed by atoms with Crippen LogP contribution in [0.3, 0.4) is 0 Å². The molecule has 0 saturated heterocycles. The van der Waals surface area contributed by atoms with Gasteiger partial charge in [0.2, 0.25) is 0 Å². The summed E-state index contributed by atoms with van der Waals surface area (Å²) in [6.45, 7) is 5.29. The molecule has 3 atom stereocenters. The summed E-state index contributed by atoms with van der Waals surface area (Å²) >= 11 is 0. The van der Waals surface area contributed by atoms with Crippen molar-refractivity contribution in [3.63, 3.8) is 0 Å². The number of anilines is 2. The third-order valence-corrected chi connectivity index (χ3v) is 7.87. The normalized spacial score (nSPS) is 16.9. The van der Waals surface area contributed by atoms with Crippen molar-refractivity contribution in [1.82, 2.24) is 9.80 Å². The van der Waals surface area contributed by atoms with E-state index in [1.165, 1.54) is 24.3 Å². The fraction of sp³-hybridized carbons (Fsp3) is 0.278. The molecule has 3 N–H and O–H groups in total. The zero-order valence-corrected chi connectivity index (χ0v) is 26.2. The number of rotatable bonds is 10. The zero-order valence-electron chi connectivity index (χ0n) is 26.2. The van der Waals surface area contributed by atoms with Gasteiger partial charge in [0.05, 0.1) is 18.2 Å². The van der Waals surface area contributed by atoms with E-state index in [2.05, 4.69) is 15.5 Å². The van der Waals surface area contributed by atoms with E-state index in [1.54, 1.807) is 30.0 Å². The fourth-order valence-electron chi connectivity index (χ4n) is 5.32. The lowest BCUT2D eigenvalue weighted by Gasteiger charge is -2.38. The van der Waals surface area contributed by atoms with E-state index in [1.807, 2.05) is 68.6 Å². The molecular weight excluding hydrogens is 587 g/mol. The fourth-order valence-corrected chi connectivity index (χ4v) is 5.32. The maximum atomic E-state index is 13.8. The van der Waals surface area contributed by atoms with E-state index in [0.717, 1.165) is 17.1 Å². The number of hydrogen-bond donors (Lipinski definition) is 3. The summed E-state index contributed by atoms with van der Waals surface area (Å²) in [7, 11) is 2.02. The number of urea groups is 1. The summed E-state index contributed by atoms with van der Waals surface area (Å²) in [5.41, 5.74) is 2.20. The second-order valence-corrected chi connectivity index (χ2v) is 11.7. The number of nitrogens with zero attached hydrogens (tertiary/aromatic N) is 2. The van der Waals surface area contributed by atoms with Gasteiger partial charge < -0.3 is 30.1 Å². The van der Waals surface area contributed by atoms with Crippen LogP contribution in [0.15, 0.2) is 97.1 Å². The van der Waals surface area contributed by atoms with Gasteiger partial charge in [0.1, 0.15) is 29.2 Å². The van der Waals surface area contributed by atoms with Gasteiger partial charge in [-0.25, -0.2) is 9.18 Å². The second-order valence-electron chi connectivity index (χ2n) is 11.7. The number of ether oxygens (including phenoxy) is 2. The van der Waals surface area contributed by atoms with E-state index in [4.69, 9.17) is 9.47 Å². The number of para-hydroxylation sites is 1. The highest BCUT2D eigenvalue weighted by Gasteiger charge is 2.33. The van der Waals surface area contributed by atoms with Crippen LogP contribution < -0.4 is 20.1 Å². The molecule has 0 aromatic heterocycles. The number of nitrogens with one attached hydrogen (secondary N) is 2. The van der Waals surface area contributed by atoms with Crippen LogP contribution in [0.2, 0.25) is 0 Å². The van der Waals surface area contributed by atoms with Crippen LogP contribution in [-0.2, 0) is 6.54 Å². The Hall–Kier alpha value is -4.93. The number of amides is 3. The second kappa shape index (κ2) is 14.9. The standard InChI is InChI=1S/C36H39FN4O5/c1-24-20-41(25(2)23-42)35(43)32-19-29(39-36(44)38-28-13-11-27(37)12-14-28)15-18-33(32)46-34(24)22-40(3)21-26-9-16-31(17-10-26)45-30-7-5-4-6-8-30/h4-19,24-25,34,42H,20-23H2,1-3H3,(H2,38,39,44)/t24-,25+,34+/m0/s1. The van der Waals surface area contributed by atoms with Crippen LogP contribution in [-0.4, -0.2) is 65.7 Å². The molecule has 0 saturated carbocycles. The molecule has 1 heterocycles. The van der Waals surface area contributed by atoms with Gasteiger partial charge in [0.25, 0.3) is 5.91 Å². The summed E-state index contributed by atoms with van der Waals surface area (Å²) in [5, 5.41) is 15.4. The molecule has 1 aliphatic heterocycles. The van der Waals surface area contributed by atoms with E-state index < -0.39 is 17.9 Å². The Balaban J connectivity index is 1.29. The summed E-state index contributed by atoms with van der Waals surface area (Å²) in [6.07, 6.45) is -0.272. The number of benzene rings is 4. The summed E-state index contributed by atoms with van der Waals surface area (Å²) in [4.78, 5) is 30.2. The number of hydrogen-bond acceptors (Lipinski definition) is 6. The van der Waals surface area contributed by atoms with Crippen LogP contribution in [0, 0.1) is 11.7 Å². The van der Waals surface area contributed by atoms with Gasteiger partial charge >= 0.3 is 6.03 Å². The van der Waals surface area contributed by atoms with Crippen molar-refractivity contribution in [1.29, 1.82) is 0 Å². The van der Waals surface area contributed by atoms with E-state index in [-0.39, 0.29) is 30.1 Å². The highest BCUT2D eigenvalue weighted by atomic mass is 19.1. The summed E-state index contributed by atoms with van der Waals surface area (Å²) in [6, 6.07) is 27.0. The molecule has 1 aliphatic rings. The molecule has 10 heteroatoms. The molecule has 46 heavy (non-hydrogen) atoms. The van der Waals surface area contributed by atoms with Crippen molar-refractivity contribution in [3.8, 4) is 17.2 Å². The van der Waals surface area contributed by atoms with E-state index in [9.17, 15) is 19.1 Å². The predicted molar refractivity (Wildman–Crippen MR) is 176 cm³/mol. The van der Waals surface area contributed by atoms with Gasteiger partial charge in [0, 0.05) is 36.9 Å². The Morgan fingerprint density at radius 2 is 1.65 bits per heavy atom. The van der Waals surface area contributed by atoms with Crippen LogP contribution in [0.1, 0.15) is 29.8 Å². The van der Waals surface area contributed by atoms with Crippen LogP contribution in [0.5, 0.6) is 17.2 Å². The van der Waals surface area contributed by atoms with Crippen LogP contribution >= 0.6 is 0 Å². The first kappa shape index (κ1) is 32.5. The molecule has 240 valence electrons. The Labute approximate surface area is 268 Å². The van der Waals surface area contributed by atoms with Crippen LogP contribution in [0.4, 0.5) is 20.6 Å².